The van der Waals surface area contributed by atoms with Gasteiger partial charge in [0.25, 0.3) is 0 Å². The normalized spacial score (nSPS) is 23.5. The first-order valence-electron chi connectivity index (χ1n) is 8.70. The Hall–Kier alpha value is -2.14. The molecule has 24 heavy (non-hydrogen) atoms. The predicted octanol–water partition coefficient (Wildman–Crippen LogP) is 2.06. The maximum Gasteiger partial charge on any atom is 0.221 e. The summed E-state index contributed by atoms with van der Waals surface area (Å²) in [6.45, 7) is 3.03. The van der Waals surface area contributed by atoms with Gasteiger partial charge in [-0.15, -0.1) is 0 Å². The lowest BCUT2D eigenvalue weighted by atomic mass is 9.75. The van der Waals surface area contributed by atoms with Crippen LogP contribution in [0.1, 0.15) is 36.3 Å². The number of nitrogens with zero attached hydrogens (tertiary/aromatic N) is 3. The average molecular weight is 324 g/mol. The molecule has 5 nitrogen and oxygen atoms in total. The first-order valence-corrected chi connectivity index (χ1v) is 8.70. The highest BCUT2D eigenvalue weighted by Gasteiger charge is 2.48. The van der Waals surface area contributed by atoms with E-state index in [0.29, 0.717) is 6.42 Å². The van der Waals surface area contributed by atoms with Gasteiger partial charge in [-0.25, -0.2) is 0 Å². The van der Waals surface area contributed by atoms with Crippen LogP contribution in [-0.2, 0) is 18.4 Å². The molecule has 4 rings (SSSR count). The van der Waals surface area contributed by atoms with Crippen LogP contribution in [0.5, 0.6) is 0 Å². The molecule has 1 N–H and O–H groups in total. The molecule has 1 aromatic carbocycles. The van der Waals surface area contributed by atoms with Crippen molar-refractivity contribution in [2.45, 2.75) is 37.3 Å². The molecule has 0 radical (unpaired) electrons. The molecule has 2 fully saturated rings. The van der Waals surface area contributed by atoms with Crippen molar-refractivity contribution in [1.29, 1.82) is 0 Å². The number of carbonyl (C=O) groups excluding carboxylic acids is 1. The van der Waals surface area contributed by atoms with Gasteiger partial charge in [0.1, 0.15) is 0 Å². The molecular weight excluding hydrogens is 300 g/mol. The SMILES string of the molecule is Cn1cc([C@H]2CC(=O)NC23CCN(Cc2ccccc2)CC3)cn1. The topological polar surface area (TPSA) is 50.2 Å². The molecule has 1 spiro atoms. The quantitative estimate of drug-likeness (QED) is 0.940. The molecular formula is C19H24N4O. The fraction of sp³-hybridized carbons (Fsp3) is 0.474. The third kappa shape index (κ3) is 2.84. The lowest BCUT2D eigenvalue weighted by molar-refractivity contribution is -0.120. The van der Waals surface area contributed by atoms with Crippen molar-refractivity contribution < 1.29 is 4.79 Å². The van der Waals surface area contributed by atoms with Crippen LogP contribution < -0.4 is 5.32 Å². The summed E-state index contributed by atoms with van der Waals surface area (Å²) >= 11 is 0. The lowest BCUT2D eigenvalue weighted by Gasteiger charge is -2.42. The Morgan fingerprint density at radius 3 is 2.67 bits per heavy atom. The molecule has 5 heteroatoms. The van der Waals surface area contributed by atoms with E-state index < -0.39 is 0 Å². The number of piperidine rings is 1. The number of aromatic nitrogens is 2. The summed E-state index contributed by atoms with van der Waals surface area (Å²) in [6.07, 6.45) is 6.58. The molecule has 3 heterocycles. The number of likely N-dealkylation sites (tertiary alicyclic amines) is 1. The minimum absolute atomic E-state index is 0.0900. The fourth-order valence-electron chi connectivity index (χ4n) is 4.28. The van der Waals surface area contributed by atoms with E-state index in [-0.39, 0.29) is 17.4 Å². The van der Waals surface area contributed by atoms with Crippen molar-refractivity contribution in [3.8, 4) is 0 Å². The summed E-state index contributed by atoms with van der Waals surface area (Å²) in [4.78, 5) is 14.6. The van der Waals surface area contributed by atoms with Gasteiger partial charge in [-0.1, -0.05) is 30.3 Å². The van der Waals surface area contributed by atoms with Crippen LogP contribution in [0.15, 0.2) is 42.7 Å². The molecule has 2 aliphatic heterocycles. The van der Waals surface area contributed by atoms with Gasteiger partial charge in [-0.05, 0) is 24.0 Å². The van der Waals surface area contributed by atoms with Gasteiger partial charge in [0, 0.05) is 50.8 Å². The number of benzene rings is 1. The van der Waals surface area contributed by atoms with Crippen LogP contribution in [0, 0.1) is 0 Å². The zero-order valence-electron chi connectivity index (χ0n) is 14.1. The zero-order valence-corrected chi connectivity index (χ0v) is 14.1. The number of amides is 1. The third-order valence-corrected chi connectivity index (χ3v) is 5.57. The Kier molecular flexibility index (Phi) is 3.88. The molecule has 2 aliphatic rings. The monoisotopic (exact) mass is 324 g/mol. The molecule has 0 unspecified atom stereocenters. The Labute approximate surface area is 142 Å². The van der Waals surface area contributed by atoms with E-state index in [0.717, 1.165) is 32.5 Å². The van der Waals surface area contributed by atoms with E-state index in [4.69, 9.17) is 0 Å². The van der Waals surface area contributed by atoms with E-state index >= 15 is 0 Å². The third-order valence-electron chi connectivity index (χ3n) is 5.57. The van der Waals surface area contributed by atoms with Gasteiger partial charge >= 0.3 is 0 Å². The predicted molar refractivity (Wildman–Crippen MR) is 92.4 cm³/mol. The highest BCUT2D eigenvalue weighted by molar-refractivity contribution is 5.81. The molecule has 2 saturated heterocycles. The second-order valence-electron chi connectivity index (χ2n) is 7.17. The second kappa shape index (κ2) is 6.06. The highest BCUT2D eigenvalue weighted by atomic mass is 16.2. The van der Waals surface area contributed by atoms with E-state index in [1.165, 1.54) is 11.1 Å². The van der Waals surface area contributed by atoms with Gasteiger partial charge in [-0.3, -0.25) is 14.4 Å². The summed E-state index contributed by atoms with van der Waals surface area (Å²) in [5, 5.41) is 7.61. The van der Waals surface area contributed by atoms with Crippen LogP contribution in [0.3, 0.4) is 0 Å². The van der Waals surface area contributed by atoms with Gasteiger partial charge < -0.3 is 5.32 Å². The van der Waals surface area contributed by atoms with E-state index in [9.17, 15) is 4.79 Å². The van der Waals surface area contributed by atoms with Crippen molar-refractivity contribution >= 4 is 5.91 Å². The average Bonchev–Trinajstić information content (AvgIpc) is 3.14. The first-order chi connectivity index (χ1) is 11.6. The summed E-state index contributed by atoms with van der Waals surface area (Å²) in [5.41, 5.74) is 2.45. The Balaban J connectivity index is 1.47. The summed E-state index contributed by atoms with van der Waals surface area (Å²) in [5.74, 6) is 0.429. The first kappa shape index (κ1) is 15.4. The lowest BCUT2D eigenvalue weighted by Crippen LogP contribution is -2.53. The fourth-order valence-corrected chi connectivity index (χ4v) is 4.28. The Morgan fingerprint density at radius 1 is 1.25 bits per heavy atom. The summed E-state index contributed by atoms with van der Waals surface area (Å²) in [6, 6.07) is 10.6. The van der Waals surface area contributed by atoms with Crippen molar-refractivity contribution in [2.24, 2.45) is 7.05 Å². The smallest absolute Gasteiger partial charge is 0.221 e. The van der Waals surface area contributed by atoms with Crippen molar-refractivity contribution in [3.63, 3.8) is 0 Å². The molecule has 1 atom stereocenters. The minimum atomic E-state index is -0.0900. The van der Waals surface area contributed by atoms with Crippen LogP contribution in [0.2, 0.25) is 0 Å². The second-order valence-corrected chi connectivity index (χ2v) is 7.17. The molecule has 0 bridgehead atoms. The van der Waals surface area contributed by atoms with Gasteiger partial charge in [0.15, 0.2) is 0 Å². The zero-order chi connectivity index (χ0) is 16.6. The van der Waals surface area contributed by atoms with Crippen LogP contribution in [-0.4, -0.2) is 39.2 Å². The van der Waals surface area contributed by atoms with Gasteiger partial charge in [-0.2, -0.15) is 5.10 Å². The maximum absolute atomic E-state index is 12.1. The molecule has 126 valence electrons. The highest BCUT2D eigenvalue weighted by Crippen LogP contribution is 2.43. The molecule has 0 saturated carbocycles. The summed E-state index contributed by atoms with van der Waals surface area (Å²) in [7, 11) is 1.93. The number of carbonyl (C=O) groups is 1. The standard InChI is InChI=1S/C19H24N4O/c1-22-14-16(12-20-22)17-11-18(24)21-19(17)7-9-23(10-8-19)13-15-5-3-2-4-6-15/h2-6,12,14,17H,7-11,13H2,1H3,(H,21,24)/t17-/m1/s1. The van der Waals surface area contributed by atoms with Gasteiger partial charge in [0.05, 0.1) is 6.20 Å². The van der Waals surface area contributed by atoms with E-state index in [1.54, 1.807) is 0 Å². The van der Waals surface area contributed by atoms with Crippen LogP contribution >= 0.6 is 0 Å². The maximum atomic E-state index is 12.1. The molecule has 2 aromatic rings. The largest absolute Gasteiger partial charge is 0.350 e. The van der Waals surface area contributed by atoms with E-state index in [1.807, 2.05) is 17.9 Å². The van der Waals surface area contributed by atoms with Crippen LogP contribution in [0.25, 0.3) is 0 Å². The number of aryl methyl sites for hydroxylation is 1. The minimum Gasteiger partial charge on any atom is -0.350 e. The number of hydrogen-bond donors (Lipinski definition) is 1. The van der Waals surface area contributed by atoms with Crippen LogP contribution in [0.4, 0.5) is 0 Å². The summed E-state index contributed by atoms with van der Waals surface area (Å²) < 4.78 is 1.83. The Bertz CT molecular complexity index is 716. The number of rotatable bonds is 3. The van der Waals surface area contributed by atoms with Gasteiger partial charge in [0.2, 0.25) is 5.91 Å². The van der Waals surface area contributed by atoms with E-state index in [2.05, 4.69) is 51.8 Å². The number of nitrogens with one attached hydrogen (secondary N) is 1. The van der Waals surface area contributed by atoms with Crippen molar-refractivity contribution in [3.05, 3.63) is 53.9 Å². The number of hydrogen-bond acceptors (Lipinski definition) is 3. The van der Waals surface area contributed by atoms with Crippen molar-refractivity contribution in [2.75, 3.05) is 13.1 Å². The molecule has 1 amide bonds. The van der Waals surface area contributed by atoms with Crippen molar-refractivity contribution in [1.82, 2.24) is 20.0 Å². The molecule has 1 aromatic heterocycles. The molecule has 0 aliphatic carbocycles. The Morgan fingerprint density at radius 2 is 2.00 bits per heavy atom.